The molecule has 0 aromatic heterocycles. The van der Waals surface area contributed by atoms with Crippen molar-refractivity contribution in [1.29, 1.82) is 0 Å². The van der Waals surface area contributed by atoms with Crippen LogP contribution in [0.1, 0.15) is 36.8 Å². The van der Waals surface area contributed by atoms with Gasteiger partial charge in [-0.05, 0) is 31.4 Å². The lowest BCUT2D eigenvalue weighted by Crippen LogP contribution is -2.52. The highest BCUT2D eigenvalue weighted by molar-refractivity contribution is 5.95. The molecule has 0 spiro atoms. The molecule has 0 heterocycles. The predicted molar refractivity (Wildman–Crippen MR) is 77.2 cm³/mol. The fourth-order valence-corrected chi connectivity index (χ4v) is 2.50. The second kappa shape index (κ2) is 5.90. The van der Waals surface area contributed by atoms with Gasteiger partial charge in [0.15, 0.2) is 0 Å². The van der Waals surface area contributed by atoms with Crippen molar-refractivity contribution in [3.05, 3.63) is 41.5 Å². The molecular weight excluding hydrogens is 254 g/mol. The number of benzene rings is 1. The molecule has 0 aliphatic heterocycles. The van der Waals surface area contributed by atoms with Gasteiger partial charge in [-0.1, -0.05) is 42.7 Å². The molecule has 1 fully saturated rings. The van der Waals surface area contributed by atoms with Crippen LogP contribution in [0.5, 0.6) is 0 Å². The van der Waals surface area contributed by atoms with Gasteiger partial charge in [0.2, 0.25) is 5.91 Å². The second-order valence-corrected chi connectivity index (χ2v) is 5.33. The molecule has 1 aliphatic carbocycles. The normalized spacial score (nSPS) is 17.2. The molecule has 2 rings (SSSR count). The van der Waals surface area contributed by atoms with Gasteiger partial charge in [-0.2, -0.15) is 0 Å². The monoisotopic (exact) mass is 273 g/mol. The van der Waals surface area contributed by atoms with Crippen molar-refractivity contribution < 1.29 is 14.7 Å². The zero-order chi connectivity index (χ0) is 14.6. The number of hydrogen-bond donors (Lipinski definition) is 2. The van der Waals surface area contributed by atoms with Crippen molar-refractivity contribution in [3.8, 4) is 0 Å². The number of carboxylic acids is 1. The standard InChI is InChI=1S/C16H19NO3/c1-12-4-6-13(7-5-12)8-9-14(18)17-16(15(19)20)10-2-3-11-16/h4-9H,2-3,10-11H2,1H3,(H,17,18)(H,19,20). The molecule has 0 bridgehead atoms. The Morgan fingerprint density at radius 1 is 1.20 bits per heavy atom. The molecule has 4 heteroatoms. The molecule has 0 atom stereocenters. The fraction of sp³-hybridized carbons (Fsp3) is 0.375. The number of carboxylic acid groups (broad SMARTS) is 1. The lowest BCUT2D eigenvalue weighted by molar-refractivity contribution is -0.146. The van der Waals surface area contributed by atoms with Crippen LogP contribution in [0.4, 0.5) is 0 Å². The Kier molecular flexibility index (Phi) is 4.23. The van der Waals surface area contributed by atoms with E-state index < -0.39 is 11.5 Å². The molecule has 1 aliphatic rings. The summed E-state index contributed by atoms with van der Waals surface area (Å²) in [6.07, 6.45) is 5.79. The van der Waals surface area contributed by atoms with E-state index in [1.54, 1.807) is 6.08 Å². The van der Waals surface area contributed by atoms with Crippen LogP contribution in [0.25, 0.3) is 6.08 Å². The second-order valence-electron chi connectivity index (χ2n) is 5.33. The topological polar surface area (TPSA) is 66.4 Å². The van der Waals surface area contributed by atoms with Crippen LogP contribution in [0.2, 0.25) is 0 Å². The maximum absolute atomic E-state index is 11.9. The Morgan fingerprint density at radius 3 is 2.35 bits per heavy atom. The third-order valence-corrected chi connectivity index (χ3v) is 3.73. The fourth-order valence-electron chi connectivity index (χ4n) is 2.50. The molecular formula is C16H19NO3. The molecule has 106 valence electrons. The predicted octanol–water partition coefficient (Wildman–Crippen LogP) is 2.52. The SMILES string of the molecule is Cc1ccc(C=CC(=O)NC2(C(=O)O)CCCC2)cc1. The Labute approximate surface area is 118 Å². The molecule has 1 aromatic rings. The van der Waals surface area contributed by atoms with Crippen molar-refractivity contribution >= 4 is 18.0 Å². The van der Waals surface area contributed by atoms with Gasteiger partial charge in [-0.25, -0.2) is 4.79 Å². The molecule has 0 saturated heterocycles. The molecule has 2 N–H and O–H groups in total. The first-order chi connectivity index (χ1) is 9.52. The van der Waals surface area contributed by atoms with Gasteiger partial charge < -0.3 is 10.4 Å². The van der Waals surface area contributed by atoms with Gasteiger partial charge >= 0.3 is 5.97 Å². The summed E-state index contributed by atoms with van der Waals surface area (Å²) >= 11 is 0. The number of rotatable bonds is 4. The average molecular weight is 273 g/mol. The molecule has 20 heavy (non-hydrogen) atoms. The van der Waals surface area contributed by atoms with Crippen LogP contribution < -0.4 is 5.32 Å². The molecule has 1 saturated carbocycles. The van der Waals surface area contributed by atoms with Gasteiger partial charge in [0.25, 0.3) is 0 Å². The van der Waals surface area contributed by atoms with Crippen LogP contribution in [-0.4, -0.2) is 22.5 Å². The Bertz CT molecular complexity index is 525. The molecule has 1 aromatic carbocycles. The van der Waals surface area contributed by atoms with E-state index in [0.717, 1.165) is 24.0 Å². The van der Waals surface area contributed by atoms with Crippen LogP contribution in [-0.2, 0) is 9.59 Å². The first kappa shape index (κ1) is 14.3. The average Bonchev–Trinajstić information content (AvgIpc) is 2.88. The maximum Gasteiger partial charge on any atom is 0.329 e. The summed E-state index contributed by atoms with van der Waals surface area (Å²) in [5, 5.41) is 11.9. The molecule has 0 radical (unpaired) electrons. The van der Waals surface area contributed by atoms with Gasteiger partial charge in [-0.15, -0.1) is 0 Å². The molecule has 4 nitrogen and oxygen atoms in total. The van der Waals surface area contributed by atoms with Crippen LogP contribution in [0.3, 0.4) is 0 Å². The van der Waals surface area contributed by atoms with E-state index in [2.05, 4.69) is 5.32 Å². The number of amides is 1. The van der Waals surface area contributed by atoms with Crippen molar-refractivity contribution in [2.75, 3.05) is 0 Å². The minimum atomic E-state index is -1.07. The Balaban J connectivity index is 2.01. The van der Waals surface area contributed by atoms with Gasteiger partial charge in [0.1, 0.15) is 5.54 Å². The van der Waals surface area contributed by atoms with Crippen molar-refractivity contribution in [1.82, 2.24) is 5.32 Å². The number of hydrogen-bond acceptors (Lipinski definition) is 2. The van der Waals surface area contributed by atoms with E-state index in [0.29, 0.717) is 12.8 Å². The first-order valence-electron chi connectivity index (χ1n) is 6.82. The highest BCUT2D eigenvalue weighted by Gasteiger charge is 2.42. The minimum Gasteiger partial charge on any atom is -0.480 e. The van der Waals surface area contributed by atoms with E-state index in [-0.39, 0.29) is 5.91 Å². The summed E-state index contributed by atoms with van der Waals surface area (Å²) in [4.78, 5) is 23.2. The van der Waals surface area contributed by atoms with Crippen LogP contribution in [0, 0.1) is 6.92 Å². The zero-order valence-corrected chi connectivity index (χ0v) is 11.6. The van der Waals surface area contributed by atoms with E-state index in [4.69, 9.17) is 0 Å². The lowest BCUT2D eigenvalue weighted by atomic mass is 9.98. The van der Waals surface area contributed by atoms with Crippen molar-refractivity contribution in [2.24, 2.45) is 0 Å². The third kappa shape index (κ3) is 3.26. The number of aryl methyl sites for hydroxylation is 1. The largest absolute Gasteiger partial charge is 0.480 e. The summed E-state index contributed by atoms with van der Waals surface area (Å²) in [6.45, 7) is 2.00. The van der Waals surface area contributed by atoms with Crippen LogP contribution >= 0.6 is 0 Å². The number of carbonyl (C=O) groups is 2. The minimum absolute atomic E-state index is 0.352. The van der Waals surface area contributed by atoms with Gasteiger partial charge in [-0.3, -0.25) is 4.79 Å². The summed E-state index contributed by atoms with van der Waals surface area (Å²) < 4.78 is 0. The highest BCUT2D eigenvalue weighted by Crippen LogP contribution is 2.29. The van der Waals surface area contributed by atoms with E-state index in [9.17, 15) is 14.7 Å². The quantitative estimate of drug-likeness (QED) is 0.828. The smallest absolute Gasteiger partial charge is 0.329 e. The van der Waals surface area contributed by atoms with Gasteiger partial charge in [0.05, 0.1) is 0 Å². The lowest BCUT2D eigenvalue weighted by Gasteiger charge is -2.24. The van der Waals surface area contributed by atoms with Crippen LogP contribution in [0.15, 0.2) is 30.3 Å². The number of aliphatic carboxylic acids is 1. The van der Waals surface area contributed by atoms with E-state index >= 15 is 0 Å². The summed E-state index contributed by atoms with van der Waals surface area (Å²) in [5.74, 6) is -1.29. The first-order valence-corrected chi connectivity index (χ1v) is 6.82. The Hall–Kier alpha value is -2.10. The maximum atomic E-state index is 11.9. The summed E-state index contributed by atoms with van der Waals surface area (Å²) in [7, 11) is 0. The third-order valence-electron chi connectivity index (χ3n) is 3.73. The summed E-state index contributed by atoms with van der Waals surface area (Å²) in [6, 6.07) is 7.77. The molecule has 0 unspecified atom stereocenters. The summed E-state index contributed by atoms with van der Waals surface area (Å²) in [5.41, 5.74) is 0.998. The van der Waals surface area contributed by atoms with E-state index in [1.165, 1.54) is 6.08 Å². The Morgan fingerprint density at radius 2 is 1.80 bits per heavy atom. The number of carbonyl (C=O) groups excluding carboxylic acids is 1. The van der Waals surface area contributed by atoms with Gasteiger partial charge in [0, 0.05) is 6.08 Å². The zero-order valence-electron chi connectivity index (χ0n) is 11.6. The van der Waals surface area contributed by atoms with Crippen molar-refractivity contribution in [3.63, 3.8) is 0 Å². The van der Waals surface area contributed by atoms with Crippen molar-refractivity contribution in [2.45, 2.75) is 38.1 Å². The van der Waals surface area contributed by atoms with E-state index in [1.807, 2.05) is 31.2 Å². The highest BCUT2D eigenvalue weighted by atomic mass is 16.4. The molecule has 1 amide bonds. The number of nitrogens with one attached hydrogen (secondary N) is 1.